The van der Waals surface area contributed by atoms with Gasteiger partial charge in [-0.3, -0.25) is 9.59 Å². The summed E-state index contributed by atoms with van der Waals surface area (Å²) in [5.74, 6) is 1.13. The molecule has 4 saturated heterocycles. The SMILES string of the molecule is CN1CCC(N(C)C(=O)c2ccc(Nc3nc4c(Br)cccn4n3)cc2)CC1.[C-]#[N+]CCC1(c2ccc(Cl)cc2)CCN(c2cccn3nc(Nc4ccc(C(=O)N(C)C5CCN(C)CC5)cc4)nc23)CC1.[C-]#[N+]CCC1(c2ccc(Cl)cc2)CCNCC1. The van der Waals surface area contributed by atoms with Crippen LogP contribution in [-0.2, 0) is 10.8 Å². The van der Waals surface area contributed by atoms with Crippen LogP contribution in [0.15, 0.2) is 138 Å². The molecule has 12 rings (SSSR count). The highest BCUT2D eigenvalue weighted by atomic mass is 79.9. The Morgan fingerprint density at radius 3 is 1.45 bits per heavy atom. The maximum absolute atomic E-state index is 13.1. The number of nitrogens with one attached hydrogen (secondary N) is 3. The van der Waals surface area contributed by atoms with Crippen molar-refractivity contribution in [3.8, 4) is 0 Å². The molecule has 464 valence electrons. The number of rotatable bonds is 15. The van der Waals surface area contributed by atoms with Crippen LogP contribution in [0.3, 0.4) is 0 Å². The van der Waals surface area contributed by atoms with Gasteiger partial charge in [-0.2, -0.15) is 9.97 Å². The van der Waals surface area contributed by atoms with Gasteiger partial charge in [0.05, 0.1) is 10.2 Å². The van der Waals surface area contributed by atoms with Gasteiger partial charge in [-0.1, -0.05) is 47.5 Å². The average molecular weight is 1300 g/mol. The number of pyridine rings is 2. The van der Waals surface area contributed by atoms with E-state index in [1.807, 2.05) is 132 Å². The van der Waals surface area contributed by atoms with Crippen LogP contribution in [0.2, 0.25) is 10.0 Å². The van der Waals surface area contributed by atoms with E-state index in [0.717, 1.165) is 159 Å². The third kappa shape index (κ3) is 15.9. The Balaban J connectivity index is 0.000000165. The largest absolute Gasteiger partial charge is 0.368 e. The average Bonchev–Trinajstić information content (AvgIpc) is 1.98. The number of likely N-dealkylation sites (tertiary alicyclic amines) is 2. The van der Waals surface area contributed by atoms with E-state index in [1.54, 1.807) is 4.52 Å². The number of benzene rings is 4. The minimum absolute atomic E-state index is 0.0352. The molecule has 4 fully saturated rings. The fourth-order valence-electron chi connectivity index (χ4n) is 12.9. The molecule has 2 amide bonds. The zero-order chi connectivity index (χ0) is 62.5. The second kappa shape index (κ2) is 29.8. The zero-order valence-electron chi connectivity index (χ0n) is 51.3. The summed E-state index contributed by atoms with van der Waals surface area (Å²) in [6, 6.07) is 39.8. The molecule has 0 radical (unpaired) electrons. The Labute approximate surface area is 541 Å². The van der Waals surface area contributed by atoms with Gasteiger partial charge in [0, 0.05) is 108 Å². The zero-order valence-corrected chi connectivity index (χ0v) is 54.4. The lowest BCUT2D eigenvalue weighted by atomic mass is 9.70. The summed E-state index contributed by atoms with van der Waals surface area (Å²) in [5.41, 5.74) is 8.37. The number of hydrogen-bond donors (Lipinski definition) is 3. The van der Waals surface area contributed by atoms with Crippen molar-refractivity contribution in [3.63, 3.8) is 0 Å². The van der Waals surface area contributed by atoms with Crippen LogP contribution in [0, 0.1) is 13.1 Å². The molecule has 0 atom stereocenters. The summed E-state index contributed by atoms with van der Waals surface area (Å²) < 4.78 is 4.40. The Morgan fingerprint density at radius 2 is 1.01 bits per heavy atom. The van der Waals surface area contributed by atoms with Crippen molar-refractivity contribution in [1.82, 2.24) is 54.1 Å². The van der Waals surface area contributed by atoms with E-state index in [0.29, 0.717) is 42.2 Å². The van der Waals surface area contributed by atoms with Crippen molar-refractivity contribution < 1.29 is 9.59 Å². The van der Waals surface area contributed by atoms with Crippen molar-refractivity contribution in [2.24, 2.45) is 0 Å². The molecule has 3 N–H and O–H groups in total. The molecule has 0 unspecified atom stereocenters. The van der Waals surface area contributed by atoms with Gasteiger partial charge >= 0.3 is 0 Å². The highest BCUT2D eigenvalue weighted by Gasteiger charge is 2.38. The molecule has 0 bridgehead atoms. The molecular weight excluding hydrogens is 1220 g/mol. The molecule has 21 heteroatoms. The standard InChI is InChI=1S/C34H39ClN8O.C20H23BrN6O.C14H17ClN2/c1-36-19-16-34(26-8-10-27(35)11-9-26)17-23-42(24-18-34)30-5-4-20-43-31(30)38-33(39-43)37-28-12-6-25(7-13-28)32(44)41(3)29-14-21-40(2)22-15-29;1-25-12-9-16(10-13-25)26(2)19(28)14-5-7-15(8-6-14)22-20-23-18-17(21)4-3-11-27(18)24-20;1-16-9-6-14(7-10-17-11-8-14)12-2-4-13(15)5-3-12/h4-13,20,29H,14-19,21-24H2,2-3H3,(H,37,39);3-8,11,16H,9-10,12-13H2,1-2H3,(H,22,24);2-5,17H,6-11H2. The molecule has 18 nitrogen and oxygen atoms in total. The van der Waals surface area contributed by atoms with Crippen LogP contribution in [0.1, 0.15) is 96.1 Å². The number of halogens is 3. The number of piperidine rings is 4. The van der Waals surface area contributed by atoms with E-state index in [2.05, 4.69) is 116 Å². The summed E-state index contributed by atoms with van der Waals surface area (Å²) in [5, 5.41) is 20.5. The molecule has 89 heavy (non-hydrogen) atoms. The number of carbonyl (C=O) groups is 2. The maximum Gasteiger partial charge on any atom is 0.253 e. The molecule has 8 aromatic rings. The number of hydrogen-bond acceptors (Lipinski definition) is 12. The minimum atomic E-state index is -0.0352. The van der Waals surface area contributed by atoms with Gasteiger partial charge in [0.15, 0.2) is 11.3 Å². The molecule has 4 aromatic heterocycles. The molecule has 0 spiro atoms. The van der Waals surface area contributed by atoms with Crippen molar-refractivity contribution in [3.05, 3.63) is 193 Å². The van der Waals surface area contributed by atoms with Crippen LogP contribution < -0.4 is 20.9 Å². The first-order chi connectivity index (χ1) is 43.1. The first-order valence-corrected chi connectivity index (χ1v) is 32.3. The van der Waals surface area contributed by atoms with Gasteiger partial charge in [0.1, 0.15) is 0 Å². The summed E-state index contributed by atoms with van der Waals surface area (Å²) in [6.45, 7) is 23.4. The first-order valence-electron chi connectivity index (χ1n) is 30.8. The molecule has 8 heterocycles. The number of fused-ring (bicyclic) bond motifs is 2. The lowest BCUT2D eigenvalue weighted by Gasteiger charge is -2.42. The number of nitrogens with zero attached hydrogens (tertiary/aromatic N) is 13. The Kier molecular flexibility index (Phi) is 21.5. The maximum atomic E-state index is 13.1. The van der Waals surface area contributed by atoms with Crippen LogP contribution in [0.25, 0.3) is 21.0 Å². The predicted molar refractivity (Wildman–Crippen MR) is 360 cm³/mol. The second-order valence-corrected chi connectivity index (χ2v) is 25.8. The van der Waals surface area contributed by atoms with Gasteiger partial charge in [-0.25, -0.2) is 22.2 Å². The normalized spacial score (nSPS) is 17.1. The molecule has 4 aliphatic heterocycles. The van der Waals surface area contributed by atoms with Crippen molar-refractivity contribution in [2.75, 3.05) is 109 Å². The van der Waals surface area contributed by atoms with Gasteiger partial charge in [0.2, 0.25) is 25.0 Å². The van der Waals surface area contributed by atoms with Crippen LogP contribution in [-0.4, -0.2) is 166 Å². The third-order valence-electron chi connectivity index (χ3n) is 18.5. The number of amides is 2. The predicted octanol–water partition coefficient (Wildman–Crippen LogP) is 12.8. The Bertz CT molecular complexity index is 3720. The number of aromatic nitrogens is 6. The molecular formula is C68H79BrCl2N16O2. The smallest absolute Gasteiger partial charge is 0.253 e. The Hall–Kier alpha value is -7.62. The fourth-order valence-corrected chi connectivity index (χ4v) is 13.5. The van der Waals surface area contributed by atoms with Gasteiger partial charge in [-0.05, 0) is 229 Å². The lowest BCUT2D eigenvalue weighted by molar-refractivity contribution is 0.0652. The summed E-state index contributed by atoms with van der Waals surface area (Å²) in [7, 11) is 8.07. The summed E-state index contributed by atoms with van der Waals surface area (Å²) in [4.78, 5) is 53.2. The van der Waals surface area contributed by atoms with E-state index in [-0.39, 0.29) is 28.7 Å². The van der Waals surface area contributed by atoms with Crippen LogP contribution >= 0.6 is 39.1 Å². The van der Waals surface area contributed by atoms with Gasteiger partial charge in [0.25, 0.3) is 11.8 Å². The summed E-state index contributed by atoms with van der Waals surface area (Å²) in [6.07, 6.45) is 13.7. The topological polar surface area (TPSA) is 156 Å². The van der Waals surface area contributed by atoms with Crippen LogP contribution in [0.4, 0.5) is 29.0 Å². The monoisotopic (exact) mass is 1300 g/mol. The molecule has 0 saturated carbocycles. The first kappa shape index (κ1) is 64.4. The van der Waals surface area contributed by atoms with Crippen molar-refractivity contribution >= 4 is 91.2 Å². The van der Waals surface area contributed by atoms with E-state index in [1.165, 1.54) is 11.1 Å². The minimum Gasteiger partial charge on any atom is -0.368 e. The van der Waals surface area contributed by atoms with Crippen molar-refractivity contribution in [2.45, 2.75) is 87.1 Å². The fraction of sp³-hybridized carbons (Fsp3) is 0.412. The number of anilines is 5. The molecule has 0 aliphatic carbocycles. The highest BCUT2D eigenvalue weighted by Crippen LogP contribution is 2.42. The molecule has 4 aromatic carbocycles. The lowest BCUT2D eigenvalue weighted by Crippen LogP contribution is -2.44. The third-order valence-corrected chi connectivity index (χ3v) is 19.6. The molecule has 4 aliphatic rings. The van der Waals surface area contributed by atoms with E-state index in [4.69, 9.17) is 41.3 Å². The van der Waals surface area contributed by atoms with E-state index >= 15 is 0 Å². The van der Waals surface area contributed by atoms with Crippen LogP contribution in [0.5, 0.6) is 0 Å². The number of carbonyl (C=O) groups excluding carboxylic acids is 2. The summed E-state index contributed by atoms with van der Waals surface area (Å²) >= 11 is 15.6. The Morgan fingerprint density at radius 1 is 0.596 bits per heavy atom. The van der Waals surface area contributed by atoms with Gasteiger partial charge in [-0.15, -0.1) is 10.2 Å². The second-order valence-electron chi connectivity index (χ2n) is 24.0. The van der Waals surface area contributed by atoms with Crippen molar-refractivity contribution in [1.29, 1.82) is 0 Å². The van der Waals surface area contributed by atoms with E-state index < -0.39 is 0 Å². The van der Waals surface area contributed by atoms with E-state index in [9.17, 15) is 9.59 Å². The highest BCUT2D eigenvalue weighted by molar-refractivity contribution is 9.10. The van der Waals surface area contributed by atoms with Gasteiger partial charge < -0.3 is 50.1 Å². The quantitative estimate of drug-likeness (QED) is 0.0837.